The number of nitrogens with two attached hydrogens (primary N) is 2. The molecule has 0 radical (unpaired) electrons. The molecule has 0 bridgehead atoms. The average Bonchev–Trinajstić information content (AvgIpc) is 3.14. The first kappa shape index (κ1) is 40.6. The van der Waals surface area contributed by atoms with Crippen molar-refractivity contribution in [1.82, 2.24) is 26.6 Å². The molecule has 3 aromatic rings. The summed E-state index contributed by atoms with van der Waals surface area (Å²) in [4.78, 5) is 77.7. The number of unbranched alkanes of at least 4 members (excludes halogenated alkanes) is 1. The lowest BCUT2D eigenvalue weighted by Crippen LogP contribution is -2.57. The van der Waals surface area contributed by atoms with E-state index in [9.17, 15) is 39.0 Å². The number of nitrogens with one attached hydrogen (secondary N) is 5. The predicted molar refractivity (Wildman–Crippen MR) is 192 cm³/mol. The van der Waals surface area contributed by atoms with Crippen LogP contribution in [0.1, 0.15) is 36.0 Å². The van der Waals surface area contributed by atoms with Gasteiger partial charge in [-0.25, -0.2) is 4.79 Å². The highest BCUT2D eigenvalue weighted by molar-refractivity contribution is 5.95. The van der Waals surface area contributed by atoms with Gasteiger partial charge in [0.1, 0.15) is 29.9 Å². The molecule has 0 aliphatic carbocycles. The molecule has 5 amide bonds. The van der Waals surface area contributed by atoms with Crippen LogP contribution in [0.2, 0.25) is 0 Å². The topological polar surface area (TPSA) is 255 Å². The number of carboxylic acids is 1. The largest absolute Gasteiger partial charge is 0.508 e. The molecular weight excluding hydrogens is 670 g/mol. The van der Waals surface area contributed by atoms with E-state index in [0.717, 1.165) is 5.56 Å². The van der Waals surface area contributed by atoms with Crippen molar-refractivity contribution in [1.29, 1.82) is 0 Å². The van der Waals surface area contributed by atoms with Gasteiger partial charge in [0.05, 0.1) is 13.1 Å². The van der Waals surface area contributed by atoms with Crippen molar-refractivity contribution in [2.45, 2.75) is 62.7 Å². The van der Waals surface area contributed by atoms with Crippen LogP contribution in [0.4, 0.5) is 0 Å². The minimum atomic E-state index is -1.24. The Morgan fingerprint density at radius 2 is 1.02 bits per heavy atom. The molecule has 0 saturated carbocycles. The minimum absolute atomic E-state index is 0.00682. The van der Waals surface area contributed by atoms with Crippen LogP contribution in [-0.4, -0.2) is 89.5 Å². The second kappa shape index (κ2) is 21.4. The summed E-state index contributed by atoms with van der Waals surface area (Å²) in [5.41, 5.74) is 13.0. The third-order valence-corrected chi connectivity index (χ3v) is 8.05. The Kier molecular flexibility index (Phi) is 16.7. The Morgan fingerprint density at radius 3 is 1.50 bits per heavy atom. The lowest BCUT2D eigenvalue weighted by molar-refractivity contribution is -0.142. The zero-order valence-corrected chi connectivity index (χ0v) is 28.8. The number of carbonyl (C=O) groups is 6. The summed E-state index contributed by atoms with van der Waals surface area (Å²) in [6.45, 7) is -0.575. The zero-order chi connectivity index (χ0) is 37.9. The molecule has 0 unspecified atom stereocenters. The molecule has 3 rings (SSSR count). The van der Waals surface area contributed by atoms with Crippen molar-refractivity contribution in [2.24, 2.45) is 11.5 Å². The van der Waals surface area contributed by atoms with E-state index in [2.05, 4.69) is 26.6 Å². The summed E-state index contributed by atoms with van der Waals surface area (Å²) < 4.78 is 0. The fraction of sp³-hybridized carbons (Fsp3) is 0.351. The number of phenols is 1. The molecule has 4 atom stereocenters. The van der Waals surface area contributed by atoms with Gasteiger partial charge in [0.25, 0.3) is 0 Å². The van der Waals surface area contributed by atoms with Crippen LogP contribution in [0.3, 0.4) is 0 Å². The minimum Gasteiger partial charge on any atom is -0.508 e. The lowest BCUT2D eigenvalue weighted by Gasteiger charge is -2.24. The van der Waals surface area contributed by atoms with Gasteiger partial charge in [-0.05, 0) is 54.6 Å². The Bertz CT molecular complexity index is 1620. The Labute approximate surface area is 301 Å². The third-order valence-electron chi connectivity index (χ3n) is 8.05. The maximum atomic E-state index is 13.5. The molecule has 0 spiro atoms. The van der Waals surface area contributed by atoms with Crippen molar-refractivity contribution < 1.29 is 39.0 Å². The molecule has 52 heavy (non-hydrogen) atoms. The first-order valence-corrected chi connectivity index (χ1v) is 16.9. The first-order chi connectivity index (χ1) is 25.0. The van der Waals surface area contributed by atoms with Gasteiger partial charge in [0.15, 0.2) is 0 Å². The standard InChI is InChI=1S/C37H47N7O8/c38-18-8-7-13-28(37(51)52)43-35(49)31(21-26-14-16-27(45)17-15-26)42-33(47)23-40-34(48)29(19-24-9-3-1-4-10-24)44-36(50)30(41-32(46)22-39)20-25-11-5-2-6-12-25/h1-6,9-12,14-17,28-31,45H,7-8,13,18-23,38-39H2,(H,40,48)(H,41,46)(H,42,47)(H,43,49)(H,44,50)(H,51,52)/t28-,29-,30-,31-/m0/s1. The number of hydrogen-bond donors (Lipinski definition) is 9. The van der Waals surface area contributed by atoms with E-state index in [1.807, 2.05) is 6.07 Å². The maximum Gasteiger partial charge on any atom is 0.326 e. The number of carbonyl (C=O) groups excluding carboxylic acids is 5. The van der Waals surface area contributed by atoms with Gasteiger partial charge in [0.2, 0.25) is 29.5 Å². The van der Waals surface area contributed by atoms with E-state index in [-0.39, 0.29) is 38.0 Å². The maximum absolute atomic E-state index is 13.5. The smallest absolute Gasteiger partial charge is 0.326 e. The number of aromatic hydroxyl groups is 1. The highest BCUT2D eigenvalue weighted by Crippen LogP contribution is 2.12. The SMILES string of the molecule is NCCCC[C@H](NC(=O)[C@H](Cc1ccc(O)cc1)NC(=O)CNC(=O)[C@H](Cc1ccccc1)NC(=O)[C@H](Cc1ccccc1)NC(=O)CN)C(=O)O. The number of benzene rings is 3. The van der Waals surface area contributed by atoms with Gasteiger partial charge in [-0.15, -0.1) is 0 Å². The number of phenolic OH excluding ortho intramolecular Hbond substituents is 1. The normalized spacial score (nSPS) is 13.0. The molecule has 278 valence electrons. The van der Waals surface area contributed by atoms with E-state index >= 15 is 0 Å². The first-order valence-electron chi connectivity index (χ1n) is 16.9. The molecule has 0 fully saturated rings. The molecular formula is C37H47N7O8. The molecule has 3 aromatic carbocycles. The van der Waals surface area contributed by atoms with Crippen LogP contribution >= 0.6 is 0 Å². The monoisotopic (exact) mass is 717 g/mol. The number of carboxylic acid groups (broad SMARTS) is 1. The molecule has 15 heteroatoms. The quantitative estimate of drug-likeness (QED) is 0.0648. The van der Waals surface area contributed by atoms with Crippen LogP contribution < -0.4 is 38.1 Å². The average molecular weight is 718 g/mol. The lowest BCUT2D eigenvalue weighted by atomic mass is 10.0. The van der Waals surface area contributed by atoms with Crippen molar-refractivity contribution in [3.63, 3.8) is 0 Å². The summed E-state index contributed by atoms with van der Waals surface area (Å²) in [5, 5.41) is 32.2. The second-order valence-electron chi connectivity index (χ2n) is 12.2. The summed E-state index contributed by atoms with van der Waals surface area (Å²) in [5.74, 6) is -4.68. The van der Waals surface area contributed by atoms with Crippen LogP contribution in [0.25, 0.3) is 0 Å². The molecule has 0 saturated heterocycles. The van der Waals surface area contributed by atoms with E-state index in [1.165, 1.54) is 12.1 Å². The van der Waals surface area contributed by atoms with E-state index in [1.54, 1.807) is 66.7 Å². The van der Waals surface area contributed by atoms with Crippen molar-refractivity contribution in [2.75, 3.05) is 19.6 Å². The van der Waals surface area contributed by atoms with Crippen molar-refractivity contribution >= 4 is 35.5 Å². The number of rotatable bonds is 21. The Morgan fingerprint density at radius 1 is 0.558 bits per heavy atom. The van der Waals surface area contributed by atoms with Gasteiger partial charge in [-0.1, -0.05) is 72.8 Å². The Hall–Kier alpha value is -5.80. The van der Waals surface area contributed by atoms with Crippen molar-refractivity contribution in [3.05, 3.63) is 102 Å². The fourth-order valence-corrected chi connectivity index (χ4v) is 5.28. The zero-order valence-electron chi connectivity index (χ0n) is 28.8. The molecule has 0 aliphatic rings. The third kappa shape index (κ3) is 14.2. The highest BCUT2D eigenvalue weighted by Gasteiger charge is 2.29. The van der Waals surface area contributed by atoms with Gasteiger partial charge in [-0.3, -0.25) is 24.0 Å². The van der Waals surface area contributed by atoms with E-state index in [0.29, 0.717) is 30.5 Å². The van der Waals surface area contributed by atoms with E-state index in [4.69, 9.17) is 11.5 Å². The van der Waals surface area contributed by atoms with Gasteiger partial charge < -0.3 is 48.3 Å². The predicted octanol–water partition coefficient (Wildman–Crippen LogP) is -0.352. The number of aliphatic carboxylic acids is 1. The molecule has 15 nitrogen and oxygen atoms in total. The highest BCUT2D eigenvalue weighted by atomic mass is 16.4. The summed E-state index contributed by atoms with van der Waals surface area (Å²) >= 11 is 0. The second-order valence-corrected chi connectivity index (χ2v) is 12.2. The van der Waals surface area contributed by atoms with Gasteiger partial charge in [0, 0.05) is 19.3 Å². The molecule has 0 heterocycles. The fourth-order valence-electron chi connectivity index (χ4n) is 5.28. The van der Waals surface area contributed by atoms with Crippen LogP contribution in [0.15, 0.2) is 84.9 Å². The summed E-state index contributed by atoms with van der Waals surface area (Å²) in [6, 6.07) is 19.1. The number of hydrogen-bond acceptors (Lipinski definition) is 9. The molecule has 11 N–H and O–H groups in total. The Balaban J connectivity index is 1.75. The van der Waals surface area contributed by atoms with Gasteiger partial charge >= 0.3 is 5.97 Å². The van der Waals surface area contributed by atoms with Crippen molar-refractivity contribution in [3.8, 4) is 5.75 Å². The van der Waals surface area contributed by atoms with Crippen LogP contribution in [0.5, 0.6) is 5.75 Å². The van der Waals surface area contributed by atoms with E-state index < -0.39 is 66.2 Å². The van der Waals surface area contributed by atoms with Gasteiger partial charge in [-0.2, -0.15) is 0 Å². The van der Waals surface area contributed by atoms with Crippen LogP contribution in [0, 0.1) is 0 Å². The summed E-state index contributed by atoms with van der Waals surface area (Å²) in [6.07, 6.45) is 1.28. The molecule has 0 aliphatic heterocycles. The molecule has 0 aromatic heterocycles. The number of amides is 5. The summed E-state index contributed by atoms with van der Waals surface area (Å²) in [7, 11) is 0. The van der Waals surface area contributed by atoms with Crippen LogP contribution in [-0.2, 0) is 48.0 Å².